The van der Waals surface area contributed by atoms with Crippen LogP contribution in [0.4, 0.5) is 0 Å². The topological polar surface area (TPSA) is 56.7 Å². The summed E-state index contributed by atoms with van der Waals surface area (Å²) in [5, 5.41) is 5.45. The number of hydrogen-bond donors (Lipinski definition) is 1. The highest BCUT2D eigenvalue weighted by atomic mass is 15.3. The fraction of sp³-hybridized carbons (Fsp3) is 0.143. The summed E-state index contributed by atoms with van der Waals surface area (Å²) in [4.78, 5) is 4.44. The highest BCUT2D eigenvalue weighted by Gasteiger charge is 2.03. The fourth-order valence-corrected chi connectivity index (χ4v) is 2.07. The number of nitrogens with two attached hydrogens (primary N) is 1. The van der Waals surface area contributed by atoms with E-state index in [1.165, 1.54) is 5.56 Å². The molecule has 0 saturated carbocycles. The van der Waals surface area contributed by atoms with E-state index in [0.29, 0.717) is 13.1 Å². The van der Waals surface area contributed by atoms with Gasteiger partial charge in [0, 0.05) is 29.9 Å². The van der Waals surface area contributed by atoms with E-state index >= 15 is 0 Å². The SMILES string of the molecule is NCc1cnn(Cc2cccc3cccnc23)c1. The molecule has 90 valence electrons. The first kappa shape index (κ1) is 10.9. The van der Waals surface area contributed by atoms with Gasteiger partial charge in [0.25, 0.3) is 0 Å². The molecule has 3 aromatic rings. The molecule has 3 rings (SSSR count). The Labute approximate surface area is 105 Å². The van der Waals surface area contributed by atoms with Crippen LogP contribution in [-0.4, -0.2) is 14.8 Å². The van der Waals surface area contributed by atoms with Gasteiger partial charge in [-0.05, 0) is 11.6 Å². The summed E-state index contributed by atoms with van der Waals surface area (Å²) >= 11 is 0. The van der Waals surface area contributed by atoms with E-state index in [0.717, 1.165) is 16.5 Å². The molecule has 0 amide bonds. The molecule has 4 nitrogen and oxygen atoms in total. The maximum Gasteiger partial charge on any atom is 0.0752 e. The molecule has 0 radical (unpaired) electrons. The van der Waals surface area contributed by atoms with Crippen molar-refractivity contribution in [1.29, 1.82) is 0 Å². The van der Waals surface area contributed by atoms with Crippen LogP contribution in [0.3, 0.4) is 0 Å². The summed E-state index contributed by atoms with van der Waals surface area (Å²) in [6, 6.07) is 10.2. The zero-order valence-corrected chi connectivity index (χ0v) is 9.95. The Morgan fingerprint density at radius 2 is 2.06 bits per heavy atom. The molecule has 0 aliphatic rings. The van der Waals surface area contributed by atoms with Crippen molar-refractivity contribution in [1.82, 2.24) is 14.8 Å². The third-order valence-electron chi connectivity index (χ3n) is 2.97. The molecule has 2 aromatic heterocycles. The van der Waals surface area contributed by atoms with Crippen molar-refractivity contribution in [3.8, 4) is 0 Å². The first-order valence-corrected chi connectivity index (χ1v) is 5.91. The van der Waals surface area contributed by atoms with Crippen LogP contribution in [0.15, 0.2) is 48.9 Å². The van der Waals surface area contributed by atoms with Gasteiger partial charge in [-0.15, -0.1) is 0 Å². The van der Waals surface area contributed by atoms with Crippen LogP contribution in [0, 0.1) is 0 Å². The highest BCUT2D eigenvalue weighted by molar-refractivity contribution is 5.81. The number of benzene rings is 1. The largest absolute Gasteiger partial charge is 0.326 e. The van der Waals surface area contributed by atoms with Gasteiger partial charge in [0.15, 0.2) is 0 Å². The molecule has 0 aliphatic carbocycles. The number of nitrogens with zero attached hydrogens (tertiary/aromatic N) is 3. The lowest BCUT2D eigenvalue weighted by molar-refractivity contribution is 0.688. The van der Waals surface area contributed by atoms with Crippen LogP contribution in [0.2, 0.25) is 0 Å². The van der Waals surface area contributed by atoms with Crippen molar-refractivity contribution in [3.63, 3.8) is 0 Å². The Kier molecular flexibility index (Phi) is 2.78. The molecule has 18 heavy (non-hydrogen) atoms. The van der Waals surface area contributed by atoms with E-state index in [1.807, 2.05) is 29.2 Å². The zero-order valence-electron chi connectivity index (χ0n) is 9.95. The Hall–Kier alpha value is -2.20. The van der Waals surface area contributed by atoms with Gasteiger partial charge in [-0.3, -0.25) is 9.67 Å². The van der Waals surface area contributed by atoms with Gasteiger partial charge in [-0.25, -0.2) is 0 Å². The summed E-state index contributed by atoms with van der Waals surface area (Å²) < 4.78 is 1.89. The van der Waals surface area contributed by atoms with Crippen molar-refractivity contribution in [2.45, 2.75) is 13.1 Å². The van der Waals surface area contributed by atoms with Crippen molar-refractivity contribution >= 4 is 10.9 Å². The normalized spacial score (nSPS) is 10.9. The van der Waals surface area contributed by atoms with Crippen molar-refractivity contribution < 1.29 is 0 Å². The molecule has 0 spiro atoms. The monoisotopic (exact) mass is 238 g/mol. The number of fused-ring (bicyclic) bond motifs is 1. The Morgan fingerprint density at radius 1 is 1.17 bits per heavy atom. The van der Waals surface area contributed by atoms with Crippen molar-refractivity contribution in [2.75, 3.05) is 0 Å². The Bertz CT molecular complexity index is 667. The third kappa shape index (κ3) is 1.98. The van der Waals surface area contributed by atoms with E-state index in [4.69, 9.17) is 5.73 Å². The van der Waals surface area contributed by atoms with Gasteiger partial charge in [-0.1, -0.05) is 24.3 Å². The average Bonchev–Trinajstić information content (AvgIpc) is 2.87. The van der Waals surface area contributed by atoms with Gasteiger partial charge >= 0.3 is 0 Å². The summed E-state index contributed by atoms with van der Waals surface area (Å²) in [7, 11) is 0. The molecule has 2 heterocycles. The molecule has 0 bridgehead atoms. The summed E-state index contributed by atoms with van der Waals surface area (Å²) in [5.74, 6) is 0. The molecule has 0 saturated heterocycles. The standard InChI is InChI=1S/C14H14N4/c15-7-11-8-17-18(9-11)10-13-4-1-3-12-5-2-6-16-14(12)13/h1-6,8-9H,7,10,15H2. The molecule has 0 unspecified atom stereocenters. The minimum atomic E-state index is 0.522. The molecule has 1 aromatic carbocycles. The Balaban J connectivity index is 1.99. The number of pyridine rings is 1. The van der Waals surface area contributed by atoms with Crippen LogP contribution in [0.5, 0.6) is 0 Å². The van der Waals surface area contributed by atoms with Gasteiger partial charge in [0.2, 0.25) is 0 Å². The minimum absolute atomic E-state index is 0.522. The molecule has 4 heteroatoms. The smallest absolute Gasteiger partial charge is 0.0752 e. The zero-order chi connectivity index (χ0) is 12.4. The highest BCUT2D eigenvalue weighted by Crippen LogP contribution is 2.16. The van der Waals surface area contributed by atoms with Crippen LogP contribution in [0.25, 0.3) is 10.9 Å². The molecule has 0 aliphatic heterocycles. The van der Waals surface area contributed by atoms with E-state index < -0.39 is 0 Å². The van der Waals surface area contributed by atoms with Crippen LogP contribution in [-0.2, 0) is 13.1 Å². The van der Waals surface area contributed by atoms with E-state index in [1.54, 1.807) is 6.20 Å². The second-order valence-corrected chi connectivity index (χ2v) is 4.24. The second-order valence-electron chi connectivity index (χ2n) is 4.24. The van der Waals surface area contributed by atoms with Gasteiger partial charge in [0.1, 0.15) is 0 Å². The first-order valence-electron chi connectivity index (χ1n) is 5.91. The van der Waals surface area contributed by atoms with E-state index in [2.05, 4.69) is 28.3 Å². The maximum atomic E-state index is 5.58. The molecular formula is C14H14N4. The number of rotatable bonds is 3. The second kappa shape index (κ2) is 4.58. The number of hydrogen-bond acceptors (Lipinski definition) is 3. The average molecular weight is 238 g/mol. The van der Waals surface area contributed by atoms with Crippen molar-refractivity contribution in [2.24, 2.45) is 5.73 Å². The van der Waals surface area contributed by atoms with E-state index in [-0.39, 0.29) is 0 Å². The van der Waals surface area contributed by atoms with Crippen LogP contribution < -0.4 is 5.73 Å². The lowest BCUT2D eigenvalue weighted by Crippen LogP contribution is -2.01. The van der Waals surface area contributed by atoms with Gasteiger partial charge in [-0.2, -0.15) is 5.10 Å². The van der Waals surface area contributed by atoms with E-state index in [9.17, 15) is 0 Å². The fourth-order valence-electron chi connectivity index (χ4n) is 2.07. The van der Waals surface area contributed by atoms with Crippen LogP contribution >= 0.6 is 0 Å². The molecule has 2 N–H and O–H groups in total. The van der Waals surface area contributed by atoms with Crippen molar-refractivity contribution in [3.05, 3.63) is 60.0 Å². The Morgan fingerprint density at radius 3 is 2.89 bits per heavy atom. The molecule has 0 fully saturated rings. The predicted octanol–water partition coefficient (Wildman–Crippen LogP) is 1.94. The first-order chi connectivity index (χ1) is 8.86. The summed E-state index contributed by atoms with van der Waals surface area (Å²) in [6.07, 6.45) is 5.60. The lowest BCUT2D eigenvalue weighted by atomic mass is 10.1. The molecule has 0 atom stereocenters. The number of aromatic nitrogens is 3. The van der Waals surface area contributed by atoms with Gasteiger partial charge < -0.3 is 5.73 Å². The van der Waals surface area contributed by atoms with Crippen LogP contribution in [0.1, 0.15) is 11.1 Å². The lowest BCUT2D eigenvalue weighted by Gasteiger charge is -2.05. The quantitative estimate of drug-likeness (QED) is 0.758. The number of para-hydroxylation sites is 1. The minimum Gasteiger partial charge on any atom is -0.326 e. The molecular weight excluding hydrogens is 224 g/mol. The predicted molar refractivity (Wildman–Crippen MR) is 71.0 cm³/mol. The maximum absolute atomic E-state index is 5.58. The van der Waals surface area contributed by atoms with Gasteiger partial charge in [0.05, 0.1) is 18.3 Å². The summed E-state index contributed by atoms with van der Waals surface area (Å²) in [5.41, 5.74) is 8.82. The summed E-state index contributed by atoms with van der Waals surface area (Å²) in [6.45, 7) is 1.24. The third-order valence-corrected chi connectivity index (χ3v) is 2.97.